The molecule has 9 heteroatoms. The average Bonchev–Trinajstić information content (AvgIpc) is 3.17. The van der Waals surface area contributed by atoms with Gasteiger partial charge in [0, 0.05) is 43.6 Å². The molecule has 0 aliphatic carbocycles. The van der Waals surface area contributed by atoms with Crippen molar-refractivity contribution in [3.63, 3.8) is 0 Å². The van der Waals surface area contributed by atoms with Gasteiger partial charge in [-0.25, -0.2) is 0 Å². The summed E-state index contributed by atoms with van der Waals surface area (Å²) in [5.41, 5.74) is 3.05. The van der Waals surface area contributed by atoms with Crippen molar-refractivity contribution in [1.29, 1.82) is 0 Å². The number of carbonyl (C=O) groups is 1. The number of para-hydroxylation sites is 1. The molecule has 2 heterocycles. The summed E-state index contributed by atoms with van der Waals surface area (Å²) in [6.45, 7) is 4.83. The van der Waals surface area contributed by atoms with E-state index >= 15 is 0 Å². The largest absolute Gasteiger partial charge is 0.492 e. The van der Waals surface area contributed by atoms with E-state index in [1.165, 1.54) is 0 Å². The Kier molecular flexibility index (Phi) is 7.83. The highest BCUT2D eigenvalue weighted by atomic mass is 35.5. The van der Waals surface area contributed by atoms with E-state index in [1.54, 1.807) is 10.9 Å². The minimum Gasteiger partial charge on any atom is -0.492 e. The lowest BCUT2D eigenvalue weighted by atomic mass is 10.1. The molecule has 8 nitrogen and oxygen atoms in total. The van der Waals surface area contributed by atoms with Crippen LogP contribution in [0, 0.1) is 0 Å². The number of amides is 1. The molecule has 1 fully saturated rings. The molecule has 2 aromatic carbocycles. The van der Waals surface area contributed by atoms with Crippen molar-refractivity contribution in [2.24, 2.45) is 7.05 Å². The van der Waals surface area contributed by atoms with Crippen molar-refractivity contribution < 1.29 is 14.3 Å². The Morgan fingerprint density at radius 2 is 1.94 bits per heavy atom. The zero-order valence-electron chi connectivity index (χ0n) is 18.6. The number of nitrogens with zero attached hydrogens (tertiary/aromatic N) is 3. The molecule has 0 bridgehead atoms. The third-order valence-corrected chi connectivity index (χ3v) is 5.68. The molecule has 0 radical (unpaired) electrons. The number of morpholine rings is 1. The minimum atomic E-state index is -0.151. The lowest BCUT2D eigenvalue weighted by Gasteiger charge is -2.26. The van der Waals surface area contributed by atoms with Gasteiger partial charge in [0.1, 0.15) is 12.4 Å². The van der Waals surface area contributed by atoms with Crippen molar-refractivity contribution in [2.75, 3.05) is 56.6 Å². The van der Waals surface area contributed by atoms with Crippen LogP contribution in [0.5, 0.6) is 5.75 Å². The molecule has 2 N–H and O–H groups in total. The fourth-order valence-electron chi connectivity index (χ4n) is 3.69. The maximum absolute atomic E-state index is 12.5. The number of rotatable bonds is 9. The minimum absolute atomic E-state index is 0.151. The second-order valence-corrected chi connectivity index (χ2v) is 8.15. The highest BCUT2D eigenvalue weighted by Gasteiger charge is 2.17. The second kappa shape index (κ2) is 11.2. The van der Waals surface area contributed by atoms with Crippen molar-refractivity contribution in [3.8, 4) is 17.0 Å². The summed E-state index contributed by atoms with van der Waals surface area (Å²) < 4.78 is 13.2. The van der Waals surface area contributed by atoms with E-state index < -0.39 is 0 Å². The van der Waals surface area contributed by atoms with Gasteiger partial charge in [0.15, 0.2) is 0 Å². The van der Waals surface area contributed by atoms with E-state index in [9.17, 15) is 4.79 Å². The van der Waals surface area contributed by atoms with E-state index in [0.717, 1.165) is 49.8 Å². The summed E-state index contributed by atoms with van der Waals surface area (Å²) in [5.74, 6) is 0.538. The van der Waals surface area contributed by atoms with Gasteiger partial charge in [-0.3, -0.25) is 14.4 Å². The monoisotopic (exact) mass is 469 g/mol. The Morgan fingerprint density at radius 1 is 1.15 bits per heavy atom. The van der Waals surface area contributed by atoms with Gasteiger partial charge in [0.05, 0.1) is 36.7 Å². The van der Waals surface area contributed by atoms with E-state index in [0.29, 0.717) is 23.1 Å². The highest BCUT2D eigenvalue weighted by Crippen LogP contribution is 2.36. The lowest BCUT2D eigenvalue weighted by molar-refractivity contribution is -0.114. The Bertz CT molecular complexity index is 1050. The summed E-state index contributed by atoms with van der Waals surface area (Å²) in [4.78, 5) is 14.8. The summed E-state index contributed by atoms with van der Waals surface area (Å²) in [7, 11) is 1.83. The zero-order valence-corrected chi connectivity index (χ0v) is 19.3. The summed E-state index contributed by atoms with van der Waals surface area (Å²) in [6.07, 6.45) is 1.60. The first kappa shape index (κ1) is 23.1. The molecule has 0 spiro atoms. The molecule has 1 aromatic heterocycles. The third kappa shape index (κ3) is 6.25. The Hall–Kier alpha value is -3.07. The zero-order chi connectivity index (χ0) is 23.0. The predicted octanol–water partition coefficient (Wildman–Crippen LogP) is 3.50. The molecule has 0 atom stereocenters. The van der Waals surface area contributed by atoms with Crippen LogP contribution in [0.15, 0.2) is 54.7 Å². The van der Waals surface area contributed by atoms with E-state index in [-0.39, 0.29) is 12.5 Å². The van der Waals surface area contributed by atoms with Crippen LogP contribution in [-0.4, -0.2) is 66.6 Å². The van der Waals surface area contributed by atoms with Crippen LogP contribution in [0.3, 0.4) is 0 Å². The fourth-order valence-corrected chi connectivity index (χ4v) is 3.95. The number of carbonyl (C=O) groups excluding carboxylic acids is 1. The molecule has 4 rings (SSSR count). The number of halogens is 1. The molecule has 0 unspecified atom stereocenters. The van der Waals surface area contributed by atoms with Crippen LogP contribution in [-0.2, 0) is 16.6 Å². The summed E-state index contributed by atoms with van der Waals surface area (Å²) >= 11 is 6.42. The number of ether oxygens (including phenoxy) is 2. The molecular formula is C24H28ClN5O3. The smallest absolute Gasteiger partial charge is 0.243 e. The topological polar surface area (TPSA) is 80.7 Å². The van der Waals surface area contributed by atoms with Crippen LogP contribution in [0.1, 0.15) is 0 Å². The first-order valence-electron chi connectivity index (χ1n) is 10.9. The quantitative estimate of drug-likeness (QED) is 0.499. The Morgan fingerprint density at radius 3 is 2.67 bits per heavy atom. The molecule has 33 heavy (non-hydrogen) atoms. The van der Waals surface area contributed by atoms with Gasteiger partial charge in [-0.1, -0.05) is 29.8 Å². The van der Waals surface area contributed by atoms with Gasteiger partial charge in [0.25, 0.3) is 0 Å². The standard InChI is InChI=1S/C24H28ClN5O3/c1-29-24(21(25)16-27-29)20-15-19(28-23(31)17-26-18-5-3-2-4-6-18)7-8-22(20)33-14-11-30-9-12-32-13-10-30/h2-8,15-16,26H,9-14,17H2,1H3,(H,28,31). The number of hydrogen-bond donors (Lipinski definition) is 2. The van der Waals surface area contributed by atoms with Crippen LogP contribution < -0.4 is 15.4 Å². The van der Waals surface area contributed by atoms with Gasteiger partial charge >= 0.3 is 0 Å². The average molecular weight is 470 g/mol. The first-order chi connectivity index (χ1) is 16.1. The number of nitrogens with one attached hydrogen (secondary N) is 2. The molecule has 0 saturated carbocycles. The van der Waals surface area contributed by atoms with Crippen molar-refractivity contribution in [1.82, 2.24) is 14.7 Å². The lowest BCUT2D eigenvalue weighted by Crippen LogP contribution is -2.38. The van der Waals surface area contributed by atoms with Crippen molar-refractivity contribution in [2.45, 2.75) is 0 Å². The van der Waals surface area contributed by atoms with Crippen molar-refractivity contribution >= 4 is 28.9 Å². The SMILES string of the molecule is Cn1ncc(Cl)c1-c1cc(NC(=O)CNc2ccccc2)ccc1OCCN1CCOCC1. The molecular weight excluding hydrogens is 442 g/mol. The number of aryl methyl sites for hydroxylation is 1. The number of aromatic nitrogens is 2. The Labute approximate surface area is 198 Å². The van der Waals surface area contributed by atoms with E-state index in [2.05, 4.69) is 20.6 Å². The van der Waals surface area contributed by atoms with Gasteiger partial charge in [0.2, 0.25) is 5.91 Å². The maximum atomic E-state index is 12.5. The number of benzene rings is 2. The first-order valence-corrected chi connectivity index (χ1v) is 11.3. The number of anilines is 2. The second-order valence-electron chi connectivity index (χ2n) is 7.75. The van der Waals surface area contributed by atoms with Crippen LogP contribution in [0.4, 0.5) is 11.4 Å². The maximum Gasteiger partial charge on any atom is 0.243 e. The van der Waals surface area contributed by atoms with Gasteiger partial charge in [-0.15, -0.1) is 0 Å². The van der Waals surface area contributed by atoms with Crippen LogP contribution >= 0.6 is 11.6 Å². The molecule has 1 aliphatic rings. The van der Waals surface area contributed by atoms with Gasteiger partial charge < -0.3 is 20.1 Å². The van der Waals surface area contributed by atoms with Crippen molar-refractivity contribution in [3.05, 3.63) is 59.8 Å². The fraction of sp³-hybridized carbons (Fsp3) is 0.333. The van der Waals surface area contributed by atoms with Crippen LogP contribution in [0.2, 0.25) is 5.02 Å². The molecule has 1 aliphatic heterocycles. The molecule has 1 amide bonds. The predicted molar refractivity (Wildman–Crippen MR) is 130 cm³/mol. The molecule has 1 saturated heterocycles. The normalized spacial score (nSPS) is 14.1. The number of hydrogen-bond acceptors (Lipinski definition) is 6. The Balaban J connectivity index is 1.46. The van der Waals surface area contributed by atoms with E-state index in [1.807, 2.05) is 55.6 Å². The van der Waals surface area contributed by atoms with Gasteiger partial charge in [-0.2, -0.15) is 5.10 Å². The highest BCUT2D eigenvalue weighted by molar-refractivity contribution is 6.33. The summed E-state index contributed by atoms with van der Waals surface area (Å²) in [6, 6.07) is 15.2. The summed E-state index contributed by atoms with van der Waals surface area (Å²) in [5, 5.41) is 10.8. The van der Waals surface area contributed by atoms with Crippen LogP contribution in [0.25, 0.3) is 11.3 Å². The van der Waals surface area contributed by atoms with Gasteiger partial charge in [-0.05, 0) is 30.3 Å². The molecule has 3 aromatic rings. The third-order valence-electron chi connectivity index (χ3n) is 5.41. The van der Waals surface area contributed by atoms with E-state index in [4.69, 9.17) is 21.1 Å². The molecule has 174 valence electrons.